The molecule has 1 atom stereocenters. The zero-order valence-corrected chi connectivity index (χ0v) is 4.27. The summed E-state index contributed by atoms with van der Waals surface area (Å²) in [4.78, 5) is 12.1. The summed E-state index contributed by atoms with van der Waals surface area (Å²) < 4.78 is 0. The molecule has 0 aromatic heterocycles. The maximum Gasteiger partial charge on any atom is 0.312 e. The van der Waals surface area contributed by atoms with Crippen molar-refractivity contribution in [3.8, 4) is 0 Å². The summed E-state index contributed by atoms with van der Waals surface area (Å²) in [5.41, 5.74) is 7.68. The Morgan fingerprint density at radius 1 is 2.00 bits per heavy atom. The normalized spacial score (nSPS) is 11.6. The van der Waals surface area contributed by atoms with Gasteiger partial charge in [-0.2, -0.15) is 0 Å². The minimum Gasteiger partial charge on any atom is -0.481 e. The predicted molar refractivity (Wildman–Crippen MR) is 26.2 cm³/mol. The molecule has 0 bridgehead atoms. The van der Waals surface area contributed by atoms with Crippen molar-refractivity contribution in [1.29, 1.82) is 0 Å². The first-order valence-corrected chi connectivity index (χ1v) is 1.95. The molecule has 5 nitrogen and oxygen atoms in total. The molecule has 0 aromatic carbocycles. The van der Waals surface area contributed by atoms with Crippen LogP contribution in [0.3, 0.4) is 0 Å². The van der Waals surface area contributed by atoms with Gasteiger partial charge in [-0.25, -0.2) is 0 Å². The molecule has 0 aliphatic heterocycles. The van der Waals surface area contributed by atoms with Crippen LogP contribution in [0.25, 0.3) is 10.4 Å². The third kappa shape index (κ3) is 2.04. The highest BCUT2D eigenvalue weighted by atomic mass is 16.4. The molecule has 0 aliphatic rings. The molecule has 0 radical (unpaired) electrons. The molecular weight excluding hydrogens is 110 g/mol. The number of rotatable bonds is 2. The maximum absolute atomic E-state index is 9.82. The van der Waals surface area contributed by atoms with E-state index in [2.05, 4.69) is 10.0 Å². The van der Waals surface area contributed by atoms with Crippen LogP contribution in [-0.2, 0) is 4.79 Å². The van der Waals surface area contributed by atoms with Gasteiger partial charge >= 0.3 is 5.97 Å². The minimum atomic E-state index is -1.11. The summed E-state index contributed by atoms with van der Waals surface area (Å²) in [5, 5.41) is 11.0. The molecule has 0 fully saturated rings. The fourth-order valence-corrected chi connectivity index (χ4v) is 0.127. The van der Waals surface area contributed by atoms with Crippen molar-refractivity contribution in [3.63, 3.8) is 0 Å². The smallest absolute Gasteiger partial charge is 0.312 e. The molecule has 0 unspecified atom stereocenters. The summed E-state index contributed by atoms with van der Waals surface area (Å²) in [7, 11) is 0. The number of hydrogen-bond donors (Lipinski definition) is 1. The second kappa shape index (κ2) is 2.87. The lowest BCUT2D eigenvalue weighted by Crippen LogP contribution is -2.11. The van der Waals surface area contributed by atoms with Crippen LogP contribution in [0.15, 0.2) is 5.11 Å². The number of aliphatic carboxylic acids is 1. The fourth-order valence-electron chi connectivity index (χ4n) is 0.127. The van der Waals surface area contributed by atoms with Crippen LogP contribution in [0, 0.1) is 0 Å². The van der Waals surface area contributed by atoms with E-state index in [1.54, 1.807) is 0 Å². The van der Waals surface area contributed by atoms with Gasteiger partial charge in [0.1, 0.15) is 6.04 Å². The molecule has 0 rings (SSSR count). The second-order valence-corrected chi connectivity index (χ2v) is 1.22. The van der Waals surface area contributed by atoms with E-state index in [9.17, 15) is 4.79 Å². The van der Waals surface area contributed by atoms with Crippen LogP contribution in [-0.4, -0.2) is 17.1 Å². The van der Waals surface area contributed by atoms with E-state index in [1.165, 1.54) is 6.92 Å². The van der Waals surface area contributed by atoms with E-state index in [0.29, 0.717) is 0 Å². The van der Waals surface area contributed by atoms with Gasteiger partial charge in [0.15, 0.2) is 0 Å². The average Bonchev–Trinajstić information content (AvgIpc) is 1.67. The summed E-state index contributed by atoms with van der Waals surface area (Å²) in [6.45, 7) is 1.31. The number of carboxylic acids is 1. The van der Waals surface area contributed by atoms with Crippen LogP contribution in [0.1, 0.15) is 6.92 Å². The topological polar surface area (TPSA) is 86.1 Å². The zero-order chi connectivity index (χ0) is 6.57. The van der Waals surface area contributed by atoms with Gasteiger partial charge < -0.3 is 5.11 Å². The second-order valence-electron chi connectivity index (χ2n) is 1.22. The molecule has 0 heterocycles. The van der Waals surface area contributed by atoms with Crippen LogP contribution >= 0.6 is 0 Å². The van der Waals surface area contributed by atoms with Crippen LogP contribution < -0.4 is 0 Å². The lowest BCUT2D eigenvalue weighted by molar-refractivity contribution is -0.138. The Balaban J connectivity index is 3.82. The standard InChI is InChI=1S/C3H5N3O2/c1-2(3(7)8)5-6-4/h2H,1H3,(H,7,8)/t2-/m0/s1. The largest absolute Gasteiger partial charge is 0.481 e. The molecule has 0 spiro atoms. The zero-order valence-electron chi connectivity index (χ0n) is 4.27. The van der Waals surface area contributed by atoms with Gasteiger partial charge in [0.05, 0.1) is 0 Å². The molecule has 8 heavy (non-hydrogen) atoms. The van der Waals surface area contributed by atoms with E-state index in [1.807, 2.05) is 0 Å². The Morgan fingerprint density at radius 2 is 2.50 bits per heavy atom. The molecule has 0 aromatic rings. The summed E-state index contributed by atoms with van der Waals surface area (Å²) in [6, 6.07) is -0.958. The quantitative estimate of drug-likeness (QED) is 0.327. The van der Waals surface area contributed by atoms with Gasteiger partial charge in [-0.05, 0) is 12.5 Å². The minimum absolute atomic E-state index is 0.958. The third-order valence-electron chi connectivity index (χ3n) is 0.582. The van der Waals surface area contributed by atoms with Gasteiger partial charge in [-0.1, -0.05) is 5.11 Å². The Labute approximate surface area is 45.6 Å². The van der Waals surface area contributed by atoms with Gasteiger partial charge in [-0.15, -0.1) is 0 Å². The highest BCUT2D eigenvalue weighted by Crippen LogP contribution is 1.86. The summed E-state index contributed by atoms with van der Waals surface area (Å²) in [5.74, 6) is -1.11. The van der Waals surface area contributed by atoms with Gasteiger partial charge in [0.2, 0.25) is 0 Å². The molecule has 0 saturated heterocycles. The Bertz CT molecular complexity index is 135. The number of hydrogen-bond acceptors (Lipinski definition) is 2. The third-order valence-corrected chi connectivity index (χ3v) is 0.582. The summed E-state index contributed by atoms with van der Waals surface area (Å²) in [6.07, 6.45) is 0. The van der Waals surface area contributed by atoms with Gasteiger partial charge in [-0.3, -0.25) is 4.79 Å². The first-order chi connectivity index (χ1) is 3.68. The van der Waals surface area contributed by atoms with Crippen molar-refractivity contribution < 1.29 is 9.90 Å². The lowest BCUT2D eigenvalue weighted by atomic mass is 10.4. The van der Waals surface area contributed by atoms with Crippen molar-refractivity contribution >= 4 is 5.97 Å². The molecular formula is C3H5N3O2. The Kier molecular flexibility index (Phi) is 2.43. The molecule has 44 valence electrons. The maximum atomic E-state index is 9.82. The van der Waals surface area contributed by atoms with E-state index in [4.69, 9.17) is 10.6 Å². The Hall–Kier alpha value is -1.22. The highest BCUT2D eigenvalue weighted by Gasteiger charge is 2.05. The fraction of sp³-hybridized carbons (Fsp3) is 0.667. The van der Waals surface area contributed by atoms with Crippen molar-refractivity contribution in [2.75, 3.05) is 0 Å². The van der Waals surface area contributed by atoms with E-state index in [-0.39, 0.29) is 0 Å². The SMILES string of the molecule is C[C@H](N=[N+]=[N-])C(=O)O. The molecule has 5 heteroatoms. The van der Waals surface area contributed by atoms with Crippen molar-refractivity contribution in [2.24, 2.45) is 5.11 Å². The molecule has 1 N–H and O–H groups in total. The van der Waals surface area contributed by atoms with Gasteiger partial charge in [0.25, 0.3) is 0 Å². The van der Waals surface area contributed by atoms with E-state index < -0.39 is 12.0 Å². The van der Waals surface area contributed by atoms with E-state index in [0.717, 1.165) is 0 Å². The molecule has 0 saturated carbocycles. The summed E-state index contributed by atoms with van der Waals surface area (Å²) >= 11 is 0. The van der Waals surface area contributed by atoms with Crippen LogP contribution in [0.2, 0.25) is 0 Å². The van der Waals surface area contributed by atoms with Crippen molar-refractivity contribution in [1.82, 2.24) is 0 Å². The highest BCUT2D eigenvalue weighted by molar-refractivity contribution is 5.72. The number of carboxylic acid groups (broad SMARTS) is 1. The van der Waals surface area contributed by atoms with E-state index >= 15 is 0 Å². The first-order valence-electron chi connectivity index (χ1n) is 1.95. The van der Waals surface area contributed by atoms with Crippen molar-refractivity contribution in [2.45, 2.75) is 13.0 Å². The number of azide groups is 1. The monoisotopic (exact) mass is 115 g/mol. The molecule has 0 amide bonds. The number of nitrogens with zero attached hydrogens (tertiary/aromatic N) is 3. The van der Waals surface area contributed by atoms with Crippen LogP contribution in [0.5, 0.6) is 0 Å². The lowest BCUT2D eigenvalue weighted by Gasteiger charge is -1.90. The Morgan fingerprint density at radius 3 is 2.62 bits per heavy atom. The molecule has 0 aliphatic carbocycles. The van der Waals surface area contributed by atoms with Crippen LogP contribution in [0.4, 0.5) is 0 Å². The number of carbonyl (C=O) groups is 1. The first kappa shape index (κ1) is 6.78. The van der Waals surface area contributed by atoms with Gasteiger partial charge in [0, 0.05) is 4.91 Å². The average molecular weight is 115 g/mol. The van der Waals surface area contributed by atoms with Crippen molar-refractivity contribution in [3.05, 3.63) is 10.4 Å². The predicted octanol–water partition coefficient (Wildman–Crippen LogP) is 0.770.